The van der Waals surface area contributed by atoms with Crippen molar-refractivity contribution in [1.82, 2.24) is 9.88 Å². The Labute approximate surface area is 211 Å². The van der Waals surface area contributed by atoms with Gasteiger partial charge < -0.3 is 5.32 Å². The number of hydrogen-bond acceptors (Lipinski definition) is 5. The number of likely N-dealkylation sites (tertiary alicyclic amines) is 1. The average Bonchev–Trinajstić information content (AvgIpc) is 3.64. The minimum Gasteiger partial charge on any atom is -0.302 e. The number of nitrogens with one attached hydrogen (secondary N) is 1. The number of thiazole rings is 1. The summed E-state index contributed by atoms with van der Waals surface area (Å²) in [6.07, 6.45) is 4.94. The lowest BCUT2D eigenvalue weighted by atomic mass is 9.85. The fourth-order valence-electron chi connectivity index (χ4n) is 5.69. The minimum absolute atomic E-state index is 0.0540. The van der Waals surface area contributed by atoms with Crippen LogP contribution in [0, 0.1) is 23.7 Å². The minimum atomic E-state index is -0.703. The Balaban J connectivity index is 1.25. The van der Waals surface area contributed by atoms with Gasteiger partial charge in [-0.1, -0.05) is 66.2 Å². The Morgan fingerprint density at radius 1 is 1.03 bits per heavy atom. The predicted octanol–water partition coefficient (Wildman–Crippen LogP) is 5.34. The molecule has 35 heavy (non-hydrogen) atoms. The van der Waals surface area contributed by atoms with E-state index >= 15 is 0 Å². The summed E-state index contributed by atoms with van der Waals surface area (Å²) in [5, 5.41) is 5.77. The fourth-order valence-corrected chi connectivity index (χ4v) is 6.56. The highest BCUT2D eigenvalue weighted by Gasteiger charge is 2.60. The zero-order valence-corrected chi connectivity index (χ0v) is 20.2. The molecule has 8 heteroatoms. The van der Waals surface area contributed by atoms with Crippen molar-refractivity contribution >= 4 is 45.8 Å². The Hall–Kier alpha value is -3.29. The molecule has 2 fully saturated rings. The van der Waals surface area contributed by atoms with Crippen molar-refractivity contribution in [2.75, 3.05) is 5.32 Å². The number of carbonyl (C=O) groups is 3. The topological polar surface area (TPSA) is 79.4 Å². The quantitative estimate of drug-likeness (QED) is 0.363. The normalized spacial score (nSPS) is 25.2. The molecule has 0 radical (unpaired) electrons. The molecule has 0 spiro atoms. The van der Waals surface area contributed by atoms with Crippen LogP contribution in [0.15, 0.2) is 72.1 Å². The van der Waals surface area contributed by atoms with Crippen molar-refractivity contribution in [3.63, 3.8) is 0 Å². The first kappa shape index (κ1) is 22.2. The molecule has 5 unspecified atom stereocenters. The van der Waals surface area contributed by atoms with E-state index in [0.717, 1.165) is 17.7 Å². The van der Waals surface area contributed by atoms with Crippen LogP contribution in [-0.4, -0.2) is 27.6 Å². The maximum absolute atomic E-state index is 13.5. The monoisotopic (exact) mass is 503 g/mol. The van der Waals surface area contributed by atoms with Crippen LogP contribution in [-0.2, 0) is 14.4 Å². The van der Waals surface area contributed by atoms with Crippen molar-refractivity contribution in [2.45, 2.75) is 18.9 Å². The number of hydrogen-bond donors (Lipinski definition) is 1. The molecular weight excluding hydrogens is 482 g/mol. The van der Waals surface area contributed by atoms with Crippen molar-refractivity contribution in [1.29, 1.82) is 0 Å². The van der Waals surface area contributed by atoms with E-state index in [9.17, 15) is 14.4 Å². The van der Waals surface area contributed by atoms with Gasteiger partial charge in [0.1, 0.15) is 0 Å². The third-order valence-electron chi connectivity index (χ3n) is 7.27. The van der Waals surface area contributed by atoms with Crippen LogP contribution in [0.1, 0.15) is 24.4 Å². The van der Waals surface area contributed by atoms with Gasteiger partial charge in [-0.05, 0) is 36.0 Å². The highest BCUT2D eigenvalue weighted by Crippen LogP contribution is 2.54. The summed E-state index contributed by atoms with van der Waals surface area (Å²) in [5.74, 6) is -1.07. The maximum Gasteiger partial charge on any atom is 0.234 e. The van der Waals surface area contributed by atoms with E-state index in [0.29, 0.717) is 15.7 Å². The lowest BCUT2D eigenvalue weighted by Crippen LogP contribution is -2.38. The van der Waals surface area contributed by atoms with Crippen LogP contribution in [0.2, 0.25) is 5.02 Å². The van der Waals surface area contributed by atoms with Crippen molar-refractivity contribution in [2.24, 2.45) is 23.7 Å². The lowest BCUT2D eigenvalue weighted by Gasteiger charge is -2.28. The summed E-state index contributed by atoms with van der Waals surface area (Å²) in [6, 6.07) is 16.0. The summed E-state index contributed by atoms with van der Waals surface area (Å²) in [5.41, 5.74) is 2.45. The molecule has 2 heterocycles. The summed E-state index contributed by atoms with van der Waals surface area (Å²) in [4.78, 5) is 45.9. The number of benzene rings is 2. The molecule has 6 rings (SSSR count). The zero-order valence-electron chi connectivity index (χ0n) is 18.6. The third-order valence-corrected chi connectivity index (χ3v) is 8.28. The Morgan fingerprint density at radius 2 is 1.69 bits per heavy atom. The highest BCUT2D eigenvalue weighted by molar-refractivity contribution is 7.14. The number of imide groups is 1. The molecule has 3 aromatic rings. The third kappa shape index (κ3) is 3.89. The number of fused-ring (bicyclic) bond motifs is 5. The van der Waals surface area contributed by atoms with E-state index in [1.165, 1.54) is 16.2 Å². The highest BCUT2D eigenvalue weighted by atomic mass is 35.5. The smallest absolute Gasteiger partial charge is 0.234 e. The molecule has 5 atom stereocenters. The Bertz CT molecular complexity index is 1310. The number of amides is 3. The Morgan fingerprint density at radius 3 is 2.34 bits per heavy atom. The molecule has 2 aromatic carbocycles. The molecule has 1 N–H and O–H groups in total. The van der Waals surface area contributed by atoms with E-state index < -0.39 is 6.04 Å². The van der Waals surface area contributed by atoms with Crippen LogP contribution in [0.25, 0.3) is 11.3 Å². The molecule has 3 aliphatic rings. The van der Waals surface area contributed by atoms with Crippen LogP contribution < -0.4 is 5.32 Å². The molecule has 1 saturated heterocycles. The first-order valence-electron chi connectivity index (χ1n) is 11.6. The molecule has 2 bridgehead atoms. The first-order valence-corrected chi connectivity index (χ1v) is 12.9. The second-order valence-electron chi connectivity index (χ2n) is 9.27. The summed E-state index contributed by atoms with van der Waals surface area (Å²) in [7, 11) is 0. The molecule has 176 valence electrons. The number of carbonyl (C=O) groups excluding carboxylic acids is 3. The van der Waals surface area contributed by atoms with Gasteiger partial charge in [0.25, 0.3) is 0 Å². The van der Waals surface area contributed by atoms with Crippen LogP contribution >= 0.6 is 22.9 Å². The van der Waals surface area contributed by atoms with Gasteiger partial charge in [0.15, 0.2) is 5.13 Å². The molecular formula is C27H22ClN3O3S. The number of halogens is 1. The molecule has 1 aromatic heterocycles. The van der Waals surface area contributed by atoms with Crippen molar-refractivity contribution in [3.8, 4) is 11.3 Å². The van der Waals surface area contributed by atoms with Gasteiger partial charge in [-0.3, -0.25) is 19.3 Å². The molecule has 6 nitrogen and oxygen atoms in total. The number of rotatable bonds is 6. The Kier molecular flexibility index (Phi) is 5.54. The lowest BCUT2D eigenvalue weighted by molar-refractivity contribution is -0.144. The fraction of sp³-hybridized carbons (Fsp3) is 0.259. The van der Waals surface area contributed by atoms with E-state index in [1.54, 1.807) is 24.3 Å². The van der Waals surface area contributed by atoms with E-state index in [1.807, 2.05) is 35.7 Å². The maximum atomic E-state index is 13.5. The predicted molar refractivity (Wildman–Crippen MR) is 135 cm³/mol. The number of anilines is 1. The SMILES string of the molecule is O=C(CC(c1ccc(Cl)cc1)N1C(=O)C2C3C=CC(C3)C2C1=O)Nc1nc(-c2ccccc2)cs1. The number of allylic oxidation sites excluding steroid dienone is 2. The average molecular weight is 504 g/mol. The van der Waals surface area contributed by atoms with Crippen LogP contribution in [0.4, 0.5) is 5.13 Å². The molecule has 2 aliphatic carbocycles. The zero-order chi connectivity index (χ0) is 24.1. The first-order chi connectivity index (χ1) is 17.0. The van der Waals surface area contributed by atoms with Crippen LogP contribution in [0.5, 0.6) is 0 Å². The second-order valence-corrected chi connectivity index (χ2v) is 10.6. The van der Waals surface area contributed by atoms with Gasteiger partial charge in [-0.25, -0.2) is 4.98 Å². The van der Waals surface area contributed by atoms with Crippen molar-refractivity contribution < 1.29 is 14.4 Å². The molecule has 3 amide bonds. The van der Waals surface area contributed by atoms with Crippen molar-refractivity contribution in [3.05, 3.63) is 82.7 Å². The molecule has 1 saturated carbocycles. The number of aromatic nitrogens is 1. The largest absolute Gasteiger partial charge is 0.302 e. The second kappa shape index (κ2) is 8.73. The van der Waals surface area contributed by atoms with E-state index in [4.69, 9.17) is 11.6 Å². The van der Waals surface area contributed by atoms with Gasteiger partial charge in [0.2, 0.25) is 17.7 Å². The summed E-state index contributed by atoms with van der Waals surface area (Å²) in [6.45, 7) is 0. The van der Waals surface area contributed by atoms with Crippen LogP contribution in [0.3, 0.4) is 0 Å². The van der Waals surface area contributed by atoms with Gasteiger partial charge in [-0.2, -0.15) is 0 Å². The van der Waals surface area contributed by atoms with Gasteiger partial charge in [-0.15, -0.1) is 11.3 Å². The van der Waals surface area contributed by atoms with Gasteiger partial charge in [0.05, 0.1) is 30.0 Å². The van der Waals surface area contributed by atoms with E-state index in [-0.39, 0.29) is 47.8 Å². The molecule has 1 aliphatic heterocycles. The standard InChI is InChI=1S/C27H22ClN3O3S/c28-19-10-8-16(9-11-19)21(31-25(33)23-17-6-7-18(12-17)24(23)26(31)34)13-22(32)30-27-29-20(14-35-27)15-4-2-1-3-5-15/h1-11,14,17-18,21,23-24H,12-13H2,(H,29,30,32). The summed E-state index contributed by atoms with van der Waals surface area (Å²) >= 11 is 7.42. The van der Waals surface area contributed by atoms with Gasteiger partial charge in [0, 0.05) is 16.0 Å². The summed E-state index contributed by atoms with van der Waals surface area (Å²) < 4.78 is 0. The number of nitrogens with zero attached hydrogens (tertiary/aromatic N) is 2. The van der Waals surface area contributed by atoms with E-state index in [2.05, 4.69) is 22.5 Å². The van der Waals surface area contributed by atoms with Gasteiger partial charge >= 0.3 is 0 Å².